The lowest BCUT2D eigenvalue weighted by Gasteiger charge is -2.14. The van der Waals surface area contributed by atoms with E-state index in [4.69, 9.17) is 4.52 Å². The van der Waals surface area contributed by atoms with Crippen molar-refractivity contribution in [2.45, 2.75) is 38.6 Å². The van der Waals surface area contributed by atoms with Gasteiger partial charge in [0.15, 0.2) is 5.82 Å². The van der Waals surface area contributed by atoms with E-state index < -0.39 is 0 Å². The third kappa shape index (κ3) is 3.69. The smallest absolute Gasteiger partial charge is 0.229 e. The largest absolute Gasteiger partial charge is 0.370 e. The number of likely N-dealkylation sites (tertiary alicyclic amines) is 1. The Hall–Kier alpha value is -1.95. The molecule has 2 aromatic heterocycles. The first-order valence-corrected chi connectivity index (χ1v) is 8.47. The predicted octanol–water partition coefficient (Wildman–Crippen LogP) is 2.58. The molecule has 23 heavy (non-hydrogen) atoms. The van der Waals surface area contributed by atoms with Crippen molar-refractivity contribution in [2.75, 3.05) is 25.0 Å². The van der Waals surface area contributed by atoms with Gasteiger partial charge in [0, 0.05) is 25.2 Å². The molecule has 1 atom stereocenters. The number of nitrogens with one attached hydrogen (secondary N) is 1. The normalized spacial score (nSPS) is 21.7. The van der Waals surface area contributed by atoms with E-state index in [1.54, 1.807) is 0 Å². The molecule has 0 spiro atoms. The zero-order chi connectivity index (χ0) is 15.6. The quantitative estimate of drug-likeness (QED) is 0.884. The summed E-state index contributed by atoms with van der Waals surface area (Å²) in [4.78, 5) is 11.3. The Morgan fingerprint density at radius 2 is 2.26 bits per heavy atom. The highest BCUT2D eigenvalue weighted by Crippen LogP contribution is 2.38. The molecule has 1 N–H and O–H groups in total. The van der Waals surface area contributed by atoms with Crippen LogP contribution in [0, 0.1) is 12.8 Å². The summed E-state index contributed by atoms with van der Waals surface area (Å²) in [6, 6.07) is 4.11. The maximum Gasteiger partial charge on any atom is 0.229 e. The maximum atomic E-state index is 5.33. The first-order valence-electron chi connectivity index (χ1n) is 8.47. The van der Waals surface area contributed by atoms with E-state index in [2.05, 4.69) is 38.3 Å². The van der Waals surface area contributed by atoms with Crippen molar-refractivity contribution >= 4 is 5.82 Å². The van der Waals surface area contributed by atoms with Crippen molar-refractivity contribution < 1.29 is 4.52 Å². The van der Waals surface area contributed by atoms with Crippen LogP contribution in [0.4, 0.5) is 5.82 Å². The summed E-state index contributed by atoms with van der Waals surface area (Å²) in [5, 5.41) is 7.57. The number of hydrogen-bond acceptors (Lipinski definition) is 6. The Morgan fingerprint density at radius 1 is 1.35 bits per heavy atom. The summed E-state index contributed by atoms with van der Waals surface area (Å²) in [7, 11) is 0. The third-order valence-corrected chi connectivity index (χ3v) is 4.63. The van der Waals surface area contributed by atoms with Gasteiger partial charge in [-0.25, -0.2) is 4.98 Å². The Balaban J connectivity index is 1.25. The lowest BCUT2D eigenvalue weighted by Crippen LogP contribution is -2.23. The fourth-order valence-electron chi connectivity index (χ4n) is 3.13. The van der Waals surface area contributed by atoms with Gasteiger partial charge < -0.3 is 9.84 Å². The molecule has 0 unspecified atom stereocenters. The van der Waals surface area contributed by atoms with Gasteiger partial charge in [-0.05, 0) is 56.3 Å². The van der Waals surface area contributed by atoms with Crippen LogP contribution < -0.4 is 5.32 Å². The van der Waals surface area contributed by atoms with E-state index in [9.17, 15) is 0 Å². The average molecular weight is 313 g/mol. The first-order chi connectivity index (χ1) is 11.3. The highest BCUT2D eigenvalue weighted by molar-refractivity contribution is 5.36. The highest BCUT2D eigenvalue weighted by atomic mass is 16.5. The Kier molecular flexibility index (Phi) is 3.99. The summed E-state index contributed by atoms with van der Waals surface area (Å²) in [5.41, 5.74) is 1.24. The molecular formula is C17H23N5O. The number of aromatic nitrogens is 3. The van der Waals surface area contributed by atoms with Crippen LogP contribution in [-0.2, 0) is 6.54 Å². The van der Waals surface area contributed by atoms with Crippen LogP contribution in [0.5, 0.6) is 0 Å². The fourth-order valence-corrected chi connectivity index (χ4v) is 3.13. The molecule has 0 bridgehead atoms. The maximum absolute atomic E-state index is 5.33. The number of hydrogen-bond donors (Lipinski definition) is 1. The van der Waals surface area contributed by atoms with E-state index in [1.807, 2.05) is 12.3 Å². The summed E-state index contributed by atoms with van der Waals surface area (Å²) >= 11 is 0. The van der Waals surface area contributed by atoms with Crippen molar-refractivity contribution in [3.8, 4) is 0 Å². The van der Waals surface area contributed by atoms with Crippen LogP contribution in [0.1, 0.15) is 42.5 Å². The highest BCUT2D eigenvalue weighted by Gasteiger charge is 2.30. The van der Waals surface area contributed by atoms with Crippen molar-refractivity contribution in [1.82, 2.24) is 20.0 Å². The minimum atomic E-state index is 0.536. The molecule has 1 saturated heterocycles. The van der Waals surface area contributed by atoms with Crippen LogP contribution in [0.2, 0.25) is 0 Å². The third-order valence-electron chi connectivity index (χ3n) is 4.63. The Labute approximate surface area is 136 Å². The molecule has 1 aliphatic heterocycles. The molecule has 2 fully saturated rings. The Morgan fingerprint density at radius 3 is 3.09 bits per heavy atom. The van der Waals surface area contributed by atoms with Gasteiger partial charge in [0.2, 0.25) is 5.89 Å². The van der Waals surface area contributed by atoms with Crippen LogP contribution in [0.15, 0.2) is 22.9 Å². The monoisotopic (exact) mass is 313 g/mol. The number of aryl methyl sites for hydroxylation is 1. The molecule has 3 heterocycles. The molecule has 122 valence electrons. The molecule has 1 saturated carbocycles. The zero-order valence-corrected chi connectivity index (χ0v) is 13.5. The van der Waals surface area contributed by atoms with E-state index in [-0.39, 0.29) is 0 Å². The lowest BCUT2D eigenvalue weighted by molar-refractivity contribution is 0.300. The topological polar surface area (TPSA) is 67.1 Å². The molecule has 2 aromatic rings. The van der Waals surface area contributed by atoms with Gasteiger partial charge in [0.05, 0.1) is 6.54 Å². The van der Waals surface area contributed by atoms with Crippen molar-refractivity contribution in [1.29, 1.82) is 0 Å². The number of rotatable bonds is 6. The number of anilines is 1. The van der Waals surface area contributed by atoms with Gasteiger partial charge >= 0.3 is 0 Å². The molecule has 6 nitrogen and oxygen atoms in total. The van der Waals surface area contributed by atoms with Gasteiger partial charge in [0.25, 0.3) is 0 Å². The van der Waals surface area contributed by atoms with Gasteiger partial charge in [-0.3, -0.25) is 4.90 Å². The molecular weight excluding hydrogens is 290 g/mol. The van der Waals surface area contributed by atoms with Gasteiger partial charge in [-0.2, -0.15) is 4.98 Å². The van der Waals surface area contributed by atoms with Crippen LogP contribution >= 0.6 is 0 Å². The summed E-state index contributed by atoms with van der Waals surface area (Å²) < 4.78 is 5.33. The van der Waals surface area contributed by atoms with E-state index in [0.717, 1.165) is 43.7 Å². The molecule has 0 radical (unpaired) electrons. The SMILES string of the molecule is Cc1ccnc(NC[C@@H]2CCN(Cc3noc(C4CC4)n3)C2)c1. The fraction of sp³-hybridized carbons (Fsp3) is 0.588. The number of nitrogens with zero attached hydrogens (tertiary/aromatic N) is 4. The summed E-state index contributed by atoms with van der Waals surface area (Å²) in [6.07, 6.45) is 5.45. The molecule has 4 rings (SSSR count). The van der Waals surface area contributed by atoms with Gasteiger partial charge in [0.1, 0.15) is 5.82 Å². The van der Waals surface area contributed by atoms with Crippen molar-refractivity contribution in [3.05, 3.63) is 35.6 Å². The predicted molar refractivity (Wildman–Crippen MR) is 87.1 cm³/mol. The van der Waals surface area contributed by atoms with Crippen molar-refractivity contribution in [3.63, 3.8) is 0 Å². The van der Waals surface area contributed by atoms with Gasteiger partial charge in [-0.1, -0.05) is 5.16 Å². The van der Waals surface area contributed by atoms with E-state index in [1.165, 1.54) is 24.8 Å². The second-order valence-electron chi connectivity index (χ2n) is 6.81. The molecule has 0 aromatic carbocycles. The minimum Gasteiger partial charge on any atom is -0.370 e. The molecule has 2 aliphatic rings. The van der Waals surface area contributed by atoms with Crippen LogP contribution in [0.25, 0.3) is 0 Å². The minimum absolute atomic E-state index is 0.536. The average Bonchev–Trinajstić information content (AvgIpc) is 3.13. The first kappa shape index (κ1) is 14.6. The Bertz CT molecular complexity index is 667. The molecule has 0 amide bonds. The zero-order valence-electron chi connectivity index (χ0n) is 13.5. The molecule has 6 heteroatoms. The molecule has 1 aliphatic carbocycles. The summed E-state index contributed by atoms with van der Waals surface area (Å²) in [6.45, 7) is 6.03. The van der Waals surface area contributed by atoms with Gasteiger partial charge in [-0.15, -0.1) is 0 Å². The number of pyridine rings is 1. The van der Waals surface area contributed by atoms with E-state index in [0.29, 0.717) is 11.8 Å². The second-order valence-corrected chi connectivity index (χ2v) is 6.81. The van der Waals surface area contributed by atoms with Crippen LogP contribution in [-0.4, -0.2) is 39.7 Å². The summed E-state index contributed by atoms with van der Waals surface area (Å²) in [5.74, 6) is 3.82. The standard InChI is InChI=1S/C17H23N5O/c1-12-4-6-18-15(8-12)19-9-13-5-7-22(10-13)11-16-20-17(23-21-16)14-2-3-14/h4,6,8,13-14H,2-3,5,7,9-11H2,1H3,(H,18,19)/t13-/m0/s1. The second kappa shape index (κ2) is 6.28. The van der Waals surface area contributed by atoms with Crippen molar-refractivity contribution in [2.24, 2.45) is 5.92 Å². The van der Waals surface area contributed by atoms with Crippen LogP contribution in [0.3, 0.4) is 0 Å². The van der Waals surface area contributed by atoms with E-state index >= 15 is 0 Å². The lowest BCUT2D eigenvalue weighted by atomic mass is 10.1.